The summed E-state index contributed by atoms with van der Waals surface area (Å²) in [5.74, 6) is -0.361. The third-order valence-electron chi connectivity index (χ3n) is 6.35. The van der Waals surface area contributed by atoms with Crippen LogP contribution in [0.5, 0.6) is 5.75 Å². The number of anilines is 1. The van der Waals surface area contributed by atoms with Gasteiger partial charge in [-0.15, -0.1) is 0 Å². The number of benzene rings is 2. The Hall–Kier alpha value is -4.01. The number of hydrogen-bond acceptors (Lipinski definition) is 5. The minimum Gasteiger partial charge on any atom is -0.496 e. The van der Waals surface area contributed by atoms with Crippen molar-refractivity contribution in [2.75, 3.05) is 25.5 Å². The highest BCUT2D eigenvalue weighted by molar-refractivity contribution is 6.07. The first-order valence-electron chi connectivity index (χ1n) is 11.3. The van der Waals surface area contributed by atoms with E-state index in [1.807, 2.05) is 19.1 Å². The maximum atomic E-state index is 13.0. The molecule has 176 valence electrons. The number of methoxy groups -OCH3 is 1. The van der Waals surface area contributed by atoms with E-state index < -0.39 is 5.76 Å². The standard InChI is InChI=1S/C25H26N4O5/c1-15-6-8-20(33-2)17-13-18(27-23(15)17)24(31)26-16-7-9-21-19(12-16)29(25(32)34-21)14-22(30)28-10-4-3-5-11-28/h6-9,12-13,27H,3-5,10-11,14H2,1-2H3,(H,26,31). The fourth-order valence-electron chi connectivity index (χ4n) is 4.50. The molecule has 9 nitrogen and oxygen atoms in total. The van der Waals surface area contributed by atoms with Crippen LogP contribution in [-0.2, 0) is 11.3 Å². The Morgan fingerprint density at radius 1 is 1.12 bits per heavy atom. The fourth-order valence-corrected chi connectivity index (χ4v) is 4.50. The number of nitrogens with zero attached hydrogens (tertiary/aromatic N) is 2. The third kappa shape index (κ3) is 3.93. The Bertz CT molecular complexity index is 1460. The van der Waals surface area contributed by atoms with Crippen molar-refractivity contribution in [1.82, 2.24) is 14.5 Å². The molecule has 0 aliphatic carbocycles. The number of carbonyl (C=O) groups is 2. The van der Waals surface area contributed by atoms with E-state index in [0.29, 0.717) is 41.3 Å². The van der Waals surface area contributed by atoms with Crippen molar-refractivity contribution in [1.29, 1.82) is 0 Å². The predicted molar refractivity (Wildman–Crippen MR) is 128 cm³/mol. The summed E-state index contributed by atoms with van der Waals surface area (Å²) < 4.78 is 12.0. The smallest absolute Gasteiger partial charge is 0.420 e. The number of aryl methyl sites for hydroxylation is 1. The summed E-state index contributed by atoms with van der Waals surface area (Å²) in [4.78, 5) is 43.1. The summed E-state index contributed by atoms with van der Waals surface area (Å²) >= 11 is 0. The number of H-pyrrole nitrogens is 1. The van der Waals surface area contributed by atoms with Crippen LogP contribution in [0.3, 0.4) is 0 Å². The number of ether oxygens (including phenoxy) is 1. The number of likely N-dealkylation sites (tertiary alicyclic amines) is 1. The molecule has 2 aromatic heterocycles. The lowest BCUT2D eigenvalue weighted by molar-refractivity contribution is -0.132. The number of fused-ring (bicyclic) bond motifs is 2. The molecule has 1 aliphatic heterocycles. The van der Waals surface area contributed by atoms with Crippen LogP contribution in [0.25, 0.3) is 22.0 Å². The Labute approximate surface area is 195 Å². The molecule has 9 heteroatoms. The Kier molecular flexibility index (Phi) is 5.61. The second-order valence-corrected chi connectivity index (χ2v) is 8.59. The van der Waals surface area contributed by atoms with E-state index in [4.69, 9.17) is 9.15 Å². The molecule has 2 N–H and O–H groups in total. The van der Waals surface area contributed by atoms with Crippen LogP contribution in [0.1, 0.15) is 35.3 Å². The molecule has 0 radical (unpaired) electrons. The largest absolute Gasteiger partial charge is 0.496 e. The SMILES string of the molecule is COc1ccc(C)c2[nH]c(C(=O)Nc3ccc4oc(=O)n(CC(=O)N5CCCCC5)c4c3)cc12. The van der Waals surface area contributed by atoms with Crippen molar-refractivity contribution >= 4 is 39.5 Å². The van der Waals surface area contributed by atoms with Gasteiger partial charge in [-0.1, -0.05) is 6.07 Å². The molecule has 0 spiro atoms. The second-order valence-electron chi connectivity index (χ2n) is 8.59. The number of nitrogens with one attached hydrogen (secondary N) is 2. The molecular formula is C25H26N4O5. The summed E-state index contributed by atoms with van der Waals surface area (Å²) in [6, 6.07) is 10.5. The maximum Gasteiger partial charge on any atom is 0.420 e. The van der Waals surface area contributed by atoms with Crippen molar-refractivity contribution in [3.05, 3.63) is 58.2 Å². The van der Waals surface area contributed by atoms with Gasteiger partial charge in [0.15, 0.2) is 5.58 Å². The van der Waals surface area contributed by atoms with E-state index in [0.717, 1.165) is 35.7 Å². The van der Waals surface area contributed by atoms with Gasteiger partial charge in [-0.05, 0) is 62.1 Å². The molecule has 1 fully saturated rings. The molecule has 2 amide bonds. The molecule has 0 unspecified atom stereocenters. The summed E-state index contributed by atoms with van der Waals surface area (Å²) in [6.07, 6.45) is 3.06. The highest BCUT2D eigenvalue weighted by atomic mass is 16.5. The number of aromatic amines is 1. The van der Waals surface area contributed by atoms with Gasteiger partial charge in [-0.25, -0.2) is 4.79 Å². The maximum absolute atomic E-state index is 13.0. The van der Waals surface area contributed by atoms with E-state index in [1.165, 1.54) is 4.57 Å². The molecular weight excluding hydrogens is 436 g/mol. The fraction of sp³-hybridized carbons (Fsp3) is 0.320. The van der Waals surface area contributed by atoms with Crippen LogP contribution in [0.4, 0.5) is 5.69 Å². The molecule has 3 heterocycles. The normalized spacial score (nSPS) is 14.0. The zero-order valence-corrected chi connectivity index (χ0v) is 19.1. The molecule has 1 saturated heterocycles. The topological polar surface area (TPSA) is 110 Å². The van der Waals surface area contributed by atoms with Crippen LogP contribution >= 0.6 is 0 Å². The molecule has 0 saturated carbocycles. The van der Waals surface area contributed by atoms with Crippen molar-refractivity contribution < 1.29 is 18.7 Å². The number of hydrogen-bond donors (Lipinski definition) is 2. The molecule has 4 aromatic rings. The number of piperidine rings is 1. The number of carbonyl (C=O) groups excluding carboxylic acids is 2. The van der Waals surface area contributed by atoms with Crippen LogP contribution < -0.4 is 15.8 Å². The molecule has 1 aliphatic rings. The highest BCUT2D eigenvalue weighted by Crippen LogP contribution is 2.29. The zero-order valence-electron chi connectivity index (χ0n) is 19.1. The van der Waals surface area contributed by atoms with Crippen LogP contribution in [-0.4, -0.2) is 46.5 Å². The van der Waals surface area contributed by atoms with E-state index in [9.17, 15) is 14.4 Å². The minimum atomic E-state index is -0.595. The zero-order chi connectivity index (χ0) is 23.8. The van der Waals surface area contributed by atoms with Gasteiger partial charge in [-0.2, -0.15) is 0 Å². The van der Waals surface area contributed by atoms with Gasteiger partial charge >= 0.3 is 5.76 Å². The quantitative estimate of drug-likeness (QED) is 0.470. The number of aromatic nitrogens is 2. The lowest BCUT2D eigenvalue weighted by Crippen LogP contribution is -2.39. The van der Waals surface area contributed by atoms with E-state index >= 15 is 0 Å². The number of rotatable bonds is 5. The van der Waals surface area contributed by atoms with Crippen molar-refractivity contribution in [3.63, 3.8) is 0 Å². The van der Waals surface area contributed by atoms with Gasteiger partial charge < -0.3 is 24.4 Å². The summed E-state index contributed by atoms with van der Waals surface area (Å²) in [5.41, 5.74) is 3.52. The summed E-state index contributed by atoms with van der Waals surface area (Å²) in [6.45, 7) is 3.28. The van der Waals surface area contributed by atoms with Gasteiger partial charge in [-0.3, -0.25) is 14.2 Å². The molecule has 34 heavy (non-hydrogen) atoms. The average Bonchev–Trinajstić information content (AvgIpc) is 3.43. The average molecular weight is 463 g/mol. The van der Waals surface area contributed by atoms with E-state index in [2.05, 4.69) is 10.3 Å². The number of amides is 2. The van der Waals surface area contributed by atoms with Gasteiger partial charge in [0.1, 0.15) is 18.0 Å². The highest BCUT2D eigenvalue weighted by Gasteiger charge is 2.20. The summed E-state index contributed by atoms with van der Waals surface area (Å²) in [7, 11) is 1.59. The van der Waals surface area contributed by atoms with Crippen LogP contribution in [0.2, 0.25) is 0 Å². The van der Waals surface area contributed by atoms with Crippen molar-refractivity contribution in [2.45, 2.75) is 32.7 Å². The van der Waals surface area contributed by atoms with Gasteiger partial charge in [0.05, 0.1) is 18.1 Å². The van der Waals surface area contributed by atoms with Gasteiger partial charge in [0, 0.05) is 24.2 Å². The number of oxazole rings is 1. The molecule has 5 rings (SSSR count). The molecule has 0 atom stereocenters. The van der Waals surface area contributed by atoms with Gasteiger partial charge in [0.25, 0.3) is 5.91 Å². The Morgan fingerprint density at radius 2 is 1.91 bits per heavy atom. The molecule has 0 bridgehead atoms. The van der Waals surface area contributed by atoms with Crippen LogP contribution in [0.15, 0.2) is 45.6 Å². The summed E-state index contributed by atoms with van der Waals surface area (Å²) in [5, 5.41) is 3.68. The lowest BCUT2D eigenvalue weighted by atomic mass is 10.1. The molecule has 2 aromatic carbocycles. The van der Waals surface area contributed by atoms with E-state index in [-0.39, 0.29) is 18.4 Å². The van der Waals surface area contributed by atoms with Crippen LogP contribution in [0, 0.1) is 6.92 Å². The van der Waals surface area contributed by atoms with Crippen molar-refractivity contribution in [3.8, 4) is 5.75 Å². The second kappa shape index (κ2) is 8.74. The van der Waals surface area contributed by atoms with E-state index in [1.54, 1.807) is 36.3 Å². The lowest BCUT2D eigenvalue weighted by Gasteiger charge is -2.26. The first kappa shape index (κ1) is 21.8. The third-order valence-corrected chi connectivity index (χ3v) is 6.35. The minimum absolute atomic E-state index is 0.0929. The first-order valence-corrected chi connectivity index (χ1v) is 11.3. The Balaban J connectivity index is 1.41. The van der Waals surface area contributed by atoms with Gasteiger partial charge in [0.2, 0.25) is 5.91 Å². The Morgan fingerprint density at radius 3 is 2.68 bits per heavy atom. The first-order chi connectivity index (χ1) is 16.4. The predicted octanol–water partition coefficient (Wildman–Crippen LogP) is 3.66. The van der Waals surface area contributed by atoms with Crippen molar-refractivity contribution in [2.24, 2.45) is 0 Å². The monoisotopic (exact) mass is 462 g/mol.